The SMILES string of the molecule is CC1CNCC(C(=O)NC2CCCCCCC2)C1. The molecule has 1 amide bonds. The highest BCUT2D eigenvalue weighted by atomic mass is 16.2. The maximum Gasteiger partial charge on any atom is 0.224 e. The van der Waals surface area contributed by atoms with Gasteiger partial charge in [0.1, 0.15) is 0 Å². The summed E-state index contributed by atoms with van der Waals surface area (Å²) in [6.45, 7) is 4.15. The highest BCUT2D eigenvalue weighted by molar-refractivity contribution is 5.79. The molecule has 0 spiro atoms. The van der Waals surface area contributed by atoms with Crippen molar-refractivity contribution >= 4 is 5.91 Å². The number of hydrogen-bond acceptors (Lipinski definition) is 2. The summed E-state index contributed by atoms with van der Waals surface area (Å²) >= 11 is 0. The van der Waals surface area contributed by atoms with Gasteiger partial charge in [-0.2, -0.15) is 0 Å². The van der Waals surface area contributed by atoms with Crippen molar-refractivity contribution in [3.63, 3.8) is 0 Å². The predicted molar refractivity (Wildman–Crippen MR) is 74.4 cm³/mol. The zero-order valence-corrected chi connectivity index (χ0v) is 11.7. The molecule has 2 atom stereocenters. The van der Waals surface area contributed by atoms with E-state index in [4.69, 9.17) is 0 Å². The average Bonchev–Trinajstić information content (AvgIpc) is 2.32. The van der Waals surface area contributed by atoms with E-state index in [0.29, 0.717) is 17.9 Å². The maximum atomic E-state index is 12.3. The second-order valence-electron chi connectivity index (χ2n) is 6.25. The standard InChI is InChI=1S/C15H28N2O/c1-12-9-13(11-16-10-12)15(18)17-14-7-5-3-2-4-6-8-14/h12-14,16H,2-11H2,1H3,(H,17,18). The molecule has 2 fully saturated rings. The fourth-order valence-corrected chi connectivity index (χ4v) is 3.28. The van der Waals surface area contributed by atoms with Crippen LogP contribution in [0.25, 0.3) is 0 Å². The molecule has 1 saturated carbocycles. The van der Waals surface area contributed by atoms with Gasteiger partial charge in [-0.1, -0.05) is 39.0 Å². The average molecular weight is 252 g/mol. The molecule has 3 heteroatoms. The fourth-order valence-electron chi connectivity index (χ4n) is 3.28. The Morgan fingerprint density at radius 3 is 2.39 bits per heavy atom. The van der Waals surface area contributed by atoms with Crippen LogP contribution in [-0.2, 0) is 4.79 Å². The minimum atomic E-state index is 0.194. The van der Waals surface area contributed by atoms with E-state index in [1.54, 1.807) is 0 Å². The van der Waals surface area contributed by atoms with E-state index in [1.807, 2.05) is 0 Å². The van der Waals surface area contributed by atoms with Crippen LogP contribution in [0.1, 0.15) is 58.3 Å². The van der Waals surface area contributed by atoms with E-state index in [-0.39, 0.29) is 5.92 Å². The summed E-state index contributed by atoms with van der Waals surface area (Å²) in [5.41, 5.74) is 0. The van der Waals surface area contributed by atoms with Gasteiger partial charge in [-0.3, -0.25) is 4.79 Å². The summed E-state index contributed by atoms with van der Waals surface area (Å²) in [5.74, 6) is 1.12. The third-order valence-electron chi connectivity index (χ3n) is 4.39. The third kappa shape index (κ3) is 4.27. The lowest BCUT2D eigenvalue weighted by atomic mass is 9.90. The van der Waals surface area contributed by atoms with Crippen molar-refractivity contribution in [1.82, 2.24) is 10.6 Å². The summed E-state index contributed by atoms with van der Waals surface area (Å²) in [6, 6.07) is 0.440. The van der Waals surface area contributed by atoms with Crippen LogP contribution in [0.3, 0.4) is 0 Å². The maximum absolute atomic E-state index is 12.3. The van der Waals surface area contributed by atoms with Gasteiger partial charge in [-0.05, 0) is 31.7 Å². The van der Waals surface area contributed by atoms with Gasteiger partial charge in [0.2, 0.25) is 5.91 Å². The number of carbonyl (C=O) groups is 1. The Kier molecular flexibility index (Phi) is 5.48. The molecule has 2 N–H and O–H groups in total. The van der Waals surface area contributed by atoms with Crippen molar-refractivity contribution < 1.29 is 4.79 Å². The number of piperidine rings is 1. The minimum Gasteiger partial charge on any atom is -0.353 e. The number of carbonyl (C=O) groups excluding carboxylic acids is 1. The number of nitrogens with one attached hydrogen (secondary N) is 2. The van der Waals surface area contributed by atoms with Crippen molar-refractivity contribution in [2.75, 3.05) is 13.1 Å². The zero-order chi connectivity index (χ0) is 12.8. The monoisotopic (exact) mass is 252 g/mol. The van der Waals surface area contributed by atoms with Gasteiger partial charge in [-0.25, -0.2) is 0 Å². The van der Waals surface area contributed by atoms with Crippen molar-refractivity contribution in [3.8, 4) is 0 Å². The van der Waals surface area contributed by atoms with Gasteiger partial charge in [0.15, 0.2) is 0 Å². The van der Waals surface area contributed by atoms with Crippen LogP contribution in [0, 0.1) is 11.8 Å². The van der Waals surface area contributed by atoms with Crippen LogP contribution in [0.2, 0.25) is 0 Å². The molecular formula is C15H28N2O. The molecule has 1 saturated heterocycles. The first-order valence-corrected chi connectivity index (χ1v) is 7.77. The molecule has 2 unspecified atom stereocenters. The van der Waals surface area contributed by atoms with Crippen LogP contribution in [-0.4, -0.2) is 25.0 Å². The normalized spacial score (nSPS) is 31.4. The Morgan fingerprint density at radius 2 is 1.72 bits per heavy atom. The summed E-state index contributed by atoms with van der Waals surface area (Å²) in [4.78, 5) is 12.3. The van der Waals surface area contributed by atoms with Crippen molar-refractivity contribution in [2.45, 2.75) is 64.3 Å². The minimum absolute atomic E-state index is 0.194. The molecule has 0 radical (unpaired) electrons. The lowest BCUT2D eigenvalue weighted by Crippen LogP contribution is -2.46. The molecule has 1 aliphatic carbocycles. The van der Waals surface area contributed by atoms with E-state index in [2.05, 4.69) is 17.6 Å². The number of amides is 1. The van der Waals surface area contributed by atoms with E-state index in [1.165, 1.54) is 44.9 Å². The number of rotatable bonds is 2. The van der Waals surface area contributed by atoms with Gasteiger partial charge in [0.05, 0.1) is 5.92 Å². The Hall–Kier alpha value is -0.570. The van der Waals surface area contributed by atoms with Crippen LogP contribution in [0.5, 0.6) is 0 Å². The fraction of sp³-hybridized carbons (Fsp3) is 0.933. The Morgan fingerprint density at radius 1 is 1.06 bits per heavy atom. The molecule has 0 aromatic carbocycles. The van der Waals surface area contributed by atoms with Crippen molar-refractivity contribution in [1.29, 1.82) is 0 Å². The summed E-state index contributed by atoms with van der Waals surface area (Å²) in [7, 11) is 0. The lowest BCUT2D eigenvalue weighted by molar-refractivity contribution is -0.126. The topological polar surface area (TPSA) is 41.1 Å². The molecule has 2 aliphatic rings. The van der Waals surface area contributed by atoms with E-state index >= 15 is 0 Å². The molecule has 104 valence electrons. The zero-order valence-electron chi connectivity index (χ0n) is 11.7. The first kappa shape index (κ1) is 13.9. The van der Waals surface area contributed by atoms with E-state index in [0.717, 1.165) is 19.5 Å². The van der Waals surface area contributed by atoms with Gasteiger partial charge in [0, 0.05) is 12.6 Å². The Balaban J connectivity index is 1.77. The lowest BCUT2D eigenvalue weighted by Gasteiger charge is -2.29. The van der Waals surface area contributed by atoms with Crippen LogP contribution in [0.15, 0.2) is 0 Å². The molecule has 0 bridgehead atoms. The molecular weight excluding hydrogens is 224 g/mol. The molecule has 18 heavy (non-hydrogen) atoms. The quantitative estimate of drug-likeness (QED) is 0.792. The Bertz CT molecular complexity index is 259. The van der Waals surface area contributed by atoms with Crippen LogP contribution < -0.4 is 10.6 Å². The Labute approximate surface area is 111 Å². The third-order valence-corrected chi connectivity index (χ3v) is 4.39. The van der Waals surface area contributed by atoms with Gasteiger partial charge in [-0.15, -0.1) is 0 Å². The molecule has 1 aliphatic heterocycles. The molecule has 0 aromatic rings. The number of hydrogen-bond donors (Lipinski definition) is 2. The van der Waals surface area contributed by atoms with Gasteiger partial charge in [0.25, 0.3) is 0 Å². The predicted octanol–water partition coefficient (Wildman–Crippen LogP) is 2.46. The summed E-state index contributed by atoms with van der Waals surface area (Å²) in [6.07, 6.45) is 10.0. The first-order chi connectivity index (χ1) is 8.75. The smallest absolute Gasteiger partial charge is 0.224 e. The van der Waals surface area contributed by atoms with E-state index < -0.39 is 0 Å². The molecule has 2 rings (SSSR count). The van der Waals surface area contributed by atoms with Gasteiger partial charge >= 0.3 is 0 Å². The van der Waals surface area contributed by atoms with E-state index in [9.17, 15) is 4.79 Å². The van der Waals surface area contributed by atoms with Gasteiger partial charge < -0.3 is 10.6 Å². The highest BCUT2D eigenvalue weighted by Crippen LogP contribution is 2.19. The molecule has 1 heterocycles. The van der Waals surface area contributed by atoms with Crippen LogP contribution in [0.4, 0.5) is 0 Å². The second kappa shape index (κ2) is 7.13. The van der Waals surface area contributed by atoms with Crippen molar-refractivity contribution in [2.24, 2.45) is 11.8 Å². The van der Waals surface area contributed by atoms with Crippen molar-refractivity contribution in [3.05, 3.63) is 0 Å². The first-order valence-electron chi connectivity index (χ1n) is 7.77. The van der Waals surface area contributed by atoms with Crippen LogP contribution >= 0.6 is 0 Å². The second-order valence-corrected chi connectivity index (χ2v) is 6.25. The molecule has 0 aromatic heterocycles. The largest absolute Gasteiger partial charge is 0.353 e. The summed E-state index contributed by atoms with van der Waals surface area (Å²) in [5, 5.41) is 6.66. The summed E-state index contributed by atoms with van der Waals surface area (Å²) < 4.78 is 0. The highest BCUT2D eigenvalue weighted by Gasteiger charge is 2.26. The molecule has 3 nitrogen and oxygen atoms in total.